The lowest BCUT2D eigenvalue weighted by molar-refractivity contribution is 0.0730. The Hall–Kier alpha value is -2.82. The lowest BCUT2D eigenvalue weighted by Crippen LogP contribution is -2.40. The van der Waals surface area contributed by atoms with Crippen LogP contribution >= 0.6 is 0 Å². The van der Waals surface area contributed by atoms with Gasteiger partial charge in [0.2, 0.25) is 10.0 Å². The summed E-state index contributed by atoms with van der Waals surface area (Å²) in [5.41, 5.74) is 2.71. The van der Waals surface area contributed by atoms with E-state index in [1.54, 1.807) is 0 Å². The highest BCUT2D eigenvalue weighted by atomic mass is 32.2. The van der Waals surface area contributed by atoms with E-state index in [0.29, 0.717) is 13.2 Å². The van der Waals surface area contributed by atoms with Crippen LogP contribution in [0.1, 0.15) is 22.8 Å². The molecule has 0 atom stereocenters. The van der Waals surface area contributed by atoms with Gasteiger partial charge in [-0.3, -0.25) is 4.79 Å². The first-order valence-electron chi connectivity index (χ1n) is 8.80. The van der Waals surface area contributed by atoms with Gasteiger partial charge in [-0.25, -0.2) is 18.2 Å². The Balaban J connectivity index is 1.78. The number of hydrogen-bond donors (Lipinski definition) is 2. The van der Waals surface area contributed by atoms with E-state index in [1.807, 2.05) is 0 Å². The van der Waals surface area contributed by atoms with E-state index in [1.165, 1.54) is 41.6 Å². The maximum absolute atomic E-state index is 13.4. The van der Waals surface area contributed by atoms with Crippen LogP contribution in [0.2, 0.25) is 0 Å². The number of nitrogens with one attached hydrogen (secondary N) is 1. The first-order valence-corrected chi connectivity index (χ1v) is 10.2. The molecule has 154 valence electrons. The average molecular weight is 421 g/mol. The van der Waals surface area contributed by atoms with Gasteiger partial charge in [-0.15, -0.1) is 0 Å². The second-order valence-corrected chi connectivity index (χ2v) is 8.28. The summed E-state index contributed by atoms with van der Waals surface area (Å²) in [6.07, 6.45) is 0. The second kappa shape index (κ2) is 8.68. The molecule has 0 bridgehead atoms. The maximum Gasteiger partial charge on any atom is 0.271 e. The Labute approximate surface area is 167 Å². The largest absolute Gasteiger partial charge is 0.507 e. The van der Waals surface area contributed by atoms with Gasteiger partial charge in [0.05, 0.1) is 23.8 Å². The molecule has 8 nitrogen and oxygen atoms in total. The van der Waals surface area contributed by atoms with Gasteiger partial charge in [0.25, 0.3) is 5.91 Å². The molecule has 2 N–H and O–H groups in total. The molecule has 0 radical (unpaired) electrons. The molecular weight excluding hydrogens is 401 g/mol. The molecule has 1 fully saturated rings. The fraction of sp³-hybridized carbons (Fsp3) is 0.263. The molecule has 10 heteroatoms. The predicted molar refractivity (Wildman–Crippen MR) is 104 cm³/mol. The van der Waals surface area contributed by atoms with E-state index >= 15 is 0 Å². The minimum atomic E-state index is -3.74. The number of nitrogens with zero attached hydrogens (tertiary/aromatic N) is 2. The van der Waals surface area contributed by atoms with Crippen molar-refractivity contribution < 1.29 is 27.4 Å². The molecule has 1 heterocycles. The van der Waals surface area contributed by atoms with E-state index in [4.69, 9.17) is 4.74 Å². The van der Waals surface area contributed by atoms with Crippen LogP contribution in [0.3, 0.4) is 0 Å². The van der Waals surface area contributed by atoms with Gasteiger partial charge < -0.3 is 9.84 Å². The number of rotatable bonds is 5. The number of amides is 1. The number of carbonyl (C=O) groups excluding carboxylic acids is 1. The number of hydrazone groups is 1. The van der Waals surface area contributed by atoms with Crippen molar-refractivity contribution in [3.63, 3.8) is 0 Å². The number of halogens is 1. The normalized spacial score (nSPS) is 15.9. The molecule has 1 saturated heterocycles. The number of morpholine rings is 1. The number of phenols is 1. The number of hydrogen-bond acceptors (Lipinski definition) is 6. The highest BCUT2D eigenvalue weighted by molar-refractivity contribution is 7.89. The minimum Gasteiger partial charge on any atom is -0.507 e. The summed E-state index contributed by atoms with van der Waals surface area (Å²) in [7, 11) is -3.74. The van der Waals surface area contributed by atoms with E-state index in [9.17, 15) is 22.7 Å². The standard InChI is InChI=1S/C19H20FN3O5S/c1-13(17-12-15(20)5-6-18(17)24)21-22-19(25)14-3-2-4-16(11-14)29(26,27)23-7-9-28-10-8-23/h2-6,11-12,24H,7-10H2,1H3,(H,22,25)/b21-13+. The lowest BCUT2D eigenvalue weighted by Gasteiger charge is -2.26. The van der Waals surface area contributed by atoms with Crippen LogP contribution in [0.25, 0.3) is 0 Å². The first kappa shape index (κ1) is 20.9. The molecular formula is C19H20FN3O5S. The van der Waals surface area contributed by atoms with Gasteiger partial charge in [-0.2, -0.15) is 9.41 Å². The van der Waals surface area contributed by atoms with Crippen molar-refractivity contribution in [3.05, 3.63) is 59.4 Å². The Bertz CT molecular complexity index is 1050. The molecule has 0 saturated carbocycles. The molecule has 0 aliphatic carbocycles. The van der Waals surface area contributed by atoms with Crippen molar-refractivity contribution in [1.29, 1.82) is 0 Å². The zero-order valence-electron chi connectivity index (χ0n) is 15.6. The fourth-order valence-electron chi connectivity index (χ4n) is 2.79. The molecule has 2 aromatic rings. The summed E-state index contributed by atoms with van der Waals surface area (Å²) in [6, 6.07) is 8.99. The van der Waals surface area contributed by atoms with Crippen LogP contribution in [0.15, 0.2) is 52.5 Å². The number of phenolic OH excluding ortho intramolecular Hbond substituents is 1. The van der Waals surface area contributed by atoms with Crippen molar-refractivity contribution in [2.45, 2.75) is 11.8 Å². The van der Waals surface area contributed by atoms with Gasteiger partial charge in [0.15, 0.2) is 0 Å². The maximum atomic E-state index is 13.4. The molecule has 2 aromatic carbocycles. The lowest BCUT2D eigenvalue weighted by atomic mass is 10.1. The molecule has 1 aliphatic rings. The highest BCUT2D eigenvalue weighted by Crippen LogP contribution is 2.20. The van der Waals surface area contributed by atoms with E-state index in [-0.39, 0.29) is 40.6 Å². The molecule has 0 spiro atoms. The SMILES string of the molecule is C/C(=N\NC(=O)c1cccc(S(=O)(=O)N2CCOCC2)c1)c1cc(F)ccc1O. The van der Waals surface area contributed by atoms with Crippen LogP contribution in [0, 0.1) is 5.82 Å². The zero-order chi connectivity index (χ0) is 21.0. The minimum absolute atomic E-state index is 0.00414. The van der Waals surface area contributed by atoms with Gasteiger partial charge in [0, 0.05) is 24.2 Å². The third-order valence-corrected chi connectivity index (χ3v) is 6.27. The monoisotopic (exact) mass is 421 g/mol. The van der Waals surface area contributed by atoms with Crippen molar-refractivity contribution >= 4 is 21.6 Å². The molecule has 29 heavy (non-hydrogen) atoms. The van der Waals surface area contributed by atoms with Crippen LogP contribution in [0.5, 0.6) is 5.75 Å². The van der Waals surface area contributed by atoms with Crippen molar-refractivity contribution in [3.8, 4) is 5.75 Å². The predicted octanol–water partition coefficient (Wildman–Crippen LogP) is 1.71. The second-order valence-electron chi connectivity index (χ2n) is 6.34. The number of sulfonamides is 1. The van der Waals surface area contributed by atoms with Crippen LogP contribution in [-0.2, 0) is 14.8 Å². The van der Waals surface area contributed by atoms with Crippen molar-refractivity contribution in [2.24, 2.45) is 5.10 Å². The number of ether oxygens (including phenoxy) is 1. The van der Waals surface area contributed by atoms with Gasteiger partial charge >= 0.3 is 0 Å². The van der Waals surface area contributed by atoms with E-state index < -0.39 is 21.7 Å². The Kier molecular flexibility index (Phi) is 6.26. The Morgan fingerprint density at radius 2 is 1.93 bits per heavy atom. The summed E-state index contributed by atoms with van der Waals surface area (Å²) >= 11 is 0. The number of benzene rings is 2. The highest BCUT2D eigenvalue weighted by Gasteiger charge is 2.26. The fourth-order valence-corrected chi connectivity index (χ4v) is 4.25. The summed E-state index contributed by atoms with van der Waals surface area (Å²) in [6.45, 7) is 2.63. The number of carbonyl (C=O) groups is 1. The van der Waals surface area contributed by atoms with Crippen LogP contribution < -0.4 is 5.43 Å². The zero-order valence-corrected chi connectivity index (χ0v) is 16.4. The average Bonchev–Trinajstić information content (AvgIpc) is 2.74. The van der Waals surface area contributed by atoms with Gasteiger partial charge in [-0.1, -0.05) is 6.07 Å². The van der Waals surface area contributed by atoms with Gasteiger partial charge in [0.1, 0.15) is 11.6 Å². The van der Waals surface area contributed by atoms with E-state index in [0.717, 1.165) is 12.1 Å². The molecule has 1 aliphatic heterocycles. The molecule has 3 rings (SSSR count). The Morgan fingerprint density at radius 1 is 1.21 bits per heavy atom. The van der Waals surface area contributed by atoms with Crippen LogP contribution in [-0.4, -0.2) is 55.8 Å². The van der Waals surface area contributed by atoms with Crippen LogP contribution in [0.4, 0.5) is 4.39 Å². The van der Waals surface area contributed by atoms with Crippen molar-refractivity contribution in [2.75, 3.05) is 26.3 Å². The molecule has 0 aromatic heterocycles. The smallest absolute Gasteiger partial charge is 0.271 e. The van der Waals surface area contributed by atoms with Gasteiger partial charge in [-0.05, 0) is 43.3 Å². The molecule has 0 unspecified atom stereocenters. The summed E-state index contributed by atoms with van der Waals surface area (Å²) in [4.78, 5) is 12.4. The third kappa shape index (κ3) is 4.78. The number of aromatic hydroxyl groups is 1. The summed E-state index contributed by atoms with van der Waals surface area (Å²) < 4.78 is 45.3. The summed E-state index contributed by atoms with van der Waals surface area (Å²) in [5.74, 6) is -1.38. The van der Waals surface area contributed by atoms with E-state index in [2.05, 4.69) is 10.5 Å². The van der Waals surface area contributed by atoms with Crippen molar-refractivity contribution in [1.82, 2.24) is 9.73 Å². The topological polar surface area (TPSA) is 108 Å². The third-order valence-electron chi connectivity index (χ3n) is 4.38. The molecule has 1 amide bonds. The first-order chi connectivity index (χ1) is 13.8. The Morgan fingerprint density at radius 3 is 2.66 bits per heavy atom. The summed E-state index contributed by atoms with van der Waals surface area (Å²) in [5, 5.41) is 13.7. The quantitative estimate of drug-likeness (QED) is 0.564.